The number of carbonyl (C=O) groups is 1. The van der Waals surface area contributed by atoms with Crippen LogP contribution in [0.1, 0.15) is 0 Å². The number of benzene rings is 2. The molecule has 2 aromatic carbocycles. The molecule has 124 valence electrons. The van der Waals surface area contributed by atoms with Crippen LogP contribution in [-0.4, -0.2) is 21.2 Å². The molecule has 0 atom stereocenters. The number of anilines is 1. The van der Waals surface area contributed by atoms with Crippen molar-refractivity contribution in [3.63, 3.8) is 0 Å². The lowest BCUT2D eigenvalue weighted by molar-refractivity contribution is 0.209. The third-order valence-corrected chi connectivity index (χ3v) is 4.26. The molecule has 0 unspecified atom stereocenters. The number of pyridine rings is 1. The number of rotatable bonds is 2. The number of hydrogen-bond acceptors (Lipinski definition) is 2. The molecule has 7 heteroatoms. The number of halogens is 1. The Kier molecular flexibility index (Phi) is 3.47. The molecule has 0 saturated heterocycles. The maximum absolute atomic E-state index is 12.6. The van der Waals surface area contributed by atoms with Crippen LogP contribution in [0.2, 0.25) is 5.02 Å². The quantitative estimate of drug-likeness (QED) is 0.429. The van der Waals surface area contributed by atoms with Crippen molar-refractivity contribution in [2.75, 3.05) is 5.32 Å². The monoisotopic (exact) mass is 353 g/mol. The van der Waals surface area contributed by atoms with Gasteiger partial charge >= 0.3 is 6.09 Å². The molecule has 4 N–H and O–H groups in total. The van der Waals surface area contributed by atoms with Gasteiger partial charge in [-0.3, -0.25) is 10.1 Å². The Hall–Kier alpha value is -3.25. The first-order valence-electron chi connectivity index (χ1n) is 7.47. The lowest BCUT2D eigenvalue weighted by atomic mass is 10.0. The van der Waals surface area contributed by atoms with Gasteiger partial charge in [0.05, 0.1) is 11.0 Å². The van der Waals surface area contributed by atoms with Crippen LogP contribution in [0.4, 0.5) is 10.5 Å². The van der Waals surface area contributed by atoms with E-state index in [1.807, 2.05) is 36.4 Å². The molecule has 4 aromatic rings. The van der Waals surface area contributed by atoms with Crippen molar-refractivity contribution in [2.45, 2.75) is 0 Å². The predicted molar refractivity (Wildman–Crippen MR) is 98.5 cm³/mol. The zero-order valence-corrected chi connectivity index (χ0v) is 13.5. The summed E-state index contributed by atoms with van der Waals surface area (Å²) in [6.45, 7) is 0. The van der Waals surface area contributed by atoms with Gasteiger partial charge in [-0.2, -0.15) is 0 Å². The standard InChI is InChI=1S/C18H12ClN3O3/c19-10-6-7-12-11(8-10)14-15(20-12)13(9-4-2-1-3-5-9)16(17(23)21-14)22-18(24)25/h1-8,20,22H,(H,21,23)(H,24,25). The number of amides is 1. The lowest BCUT2D eigenvalue weighted by Crippen LogP contribution is -2.19. The number of H-pyrrole nitrogens is 2. The molecule has 2 aromatic heterocycles. The van der Waals surface area contributed by atoms with E-state index in [9.17, 15) is 9.59 Å². The second-order valence-electron chi connectivity index (χ2n) is 5.57. The van der Waals surface area contributed by atoms with Crippen LogP contribution in [0.15, 0.2) is 53.3 Å². The summed E-state index contributed by atoms with van der Waals surface area (Å²) in [6.07, 6.45) is -1.30. The molecule has 0 aliphatic rings. The van der Waals surface area contributed by atoms with Crippen molar-refractivity contribution < 1.29 is 9.90 Å². The van der Waals surface area contributed by atoms with Gasteiger partial charge in [-0.15, -0.1) is 0 Å². The zero-order valence-electron chi connectivity index (χ0n) is 12.8. The van der Waals surface area contributed by atoms with E-state index < -0.39 is 11.7 Å². The van der Waals surface area contributed by atoms with Crippen molar-refractivity contribution in [1.29, 1.82) is 0 Å². The summed E-state index contributed by atoms with van der Waals surface area (Å²) in [5.41, 5.74) is 2.68. The van der Waals surface area contributed by atoms with Crippen LogP contribution >= 0.6 is 11.6 Å². The topological polar surface area (TPSA) is 98.0 Å². The zero-order chi connectivity index (χ0) is 17.6. The highest BCUT2D eigenvalue weighted by molar-refractivity contribution is 6.32. The first-order valence-corrected chi connectivity index (χ1v) is 7.85. The second-order valence-corrected chi connectivity index (χ2v) is 6.00. The minimum absolute atomic E-state index is 0.0242. The van der Waals surface area contributed by atoms with Gasteiger partial charge in [0.1, 0.15) is 5.69 Å². The average Bonchev–Trinajstić information content (AvgIpc) is 2.93. The molecule has 2 heterocycles. The summed E-state index contributed by atoms with van der Waals surface area (Å²) < 4.78 is 0. The summed E-state index contributed by atoms with van der Waals surface area (Å²) in [6, 6.07) is 14.5. The third kappa shape index (κ3) is 2.53. The third-order valence-electron chi connectivity index (χ3n) is 4.02. The SMILES string of the molecule is O=C(O)Nc1c(-c2ccccc2)c2[nH]c3ccc(Cl)cc3c2[nH]c1=O. The van der Waals surface area contributed by atoms with Crippen LogP contribution in [0.3, 0.4) is 0 Å². The molecular formula is C18H12ClN3O3. The fourth-order valence-electron chi connectivity index (χ4n) is 3.02. The van der Waals surface area contributed by atoms with Gasteiger partial charge in [0.15, 0.2) is 0 Å². The molecule has 4 rings (SSSR count). The highest BCUT2D eigenvalue weighted by Crippen LogP contribution is 2.35. The largest absolute Gasteiger partial charge is 0.465 e. The minimum Gasteiger partial charge on any atom is -0.465 e. The van der Waals surface area contributed by atoms with Gasteiger partial charge in [-0.25, -0.2) is 4.79 Å². The summed E-state index contributed by atoms with van der Waals surface area (Å²) in [5.74, 6) is 0. The van der Waals surface area contributed by atoms with Crippen molar-refractivity contribution in [3.05, 3.63) is 63.9 Å². The van der Waals surface area contributed by atoms with Gasteiger partial charge in [-0.1, -0.05) is 41.9 Å². The van der Waals surface area contributed by atoms with E-state index in [1.165, 1.54) is 0 Å². The van der Waals surface area contributed by atoms with Crippen LogP contribution in [0.5, 0.6) is 0 Å². The van der Waals surface area contributed by atoms with E-state index >= 15 is 0 Å². The highest BCUT2D eigenvalue weighted by Gasteiger charge is 2.19. The van der Waals surface area contributed by atoms with E-state index in [1.54, 1.807) is 12.1 Å². The smallest absolute Gasteiger partial charge is 0.409 e. The first-order chi connectivity index (χ1) is 12.0. The van der Waals surface area contributed by atoms with Gasteiger partial charge in [-0.05, 0) is 23.8 Å². The average molecular weight is 354 g/mol. The number of nitrogens with one attached hydrogen (secondary N) is 3. The minimum atomic E-state index is -1.30. The van der Waals surface area contributed by atoms with Crippen molar-refractivity contribution >= 4 is 45.3 Å². The number of hydrogen-bond donors (Lipinski definition) is 4. The number of aromatic amines is 2. The van der Waals surface area contributed by atoms with Crippen LogP contribution in [0, 0.1) is 0 Å². The van der Waals surface area contributed by atoms with Gasteiger partial charge in [0.25, 0.3) is 5.56 Å². The van der Waals surface area contributed by atoms with E-state index in [-0.39, 0.29) is 5.69 Å². The van der Waals surface area contributed by atoms with E-state index in [0.29, 0.717) is 21.6 Å². The maximum Gasteiger partial charge on any atom is 0.409 e. The number of aromatic nitrogens is 2. The lowest BCUT2D eigenvalue weighted by Gasteiger charge is -2.10. The Labute approximate surface area is 146 Å². The Morgan fingerprint density at radius 1 is 1.04 bits per heavy atom. The van der Waals surface area contributed by atoms with Gasteiger partial charge < -0.3 is 15.1 Å². The van der Waals surface area contributed by atoms with Crippen molar-refractivity contribution in [3.8, 4) is 11.1 Å². The van der Waals surface area contributed by atoms with E-state index in [0.717, 1.165) is 16.5 Å². The van der Waals surface area contributed by atoms with E-state index in [4.69, 9.17) is 16.7 Å². The summed E-state index contributed by atoms with van der Waals surface area (Å²) in [5, 5.41) is 12.6. The molecule has 0 saturated carbocycles. The molecule has 0 aliphatic heterocycles. The molecule has 0 radical (unpaired) electrons. The Morgan fingerprint density at radius 3 is 2.52 bits per heavy atom. The normalized spacial score (nSPS) is 11.1. The Morgan fingerprint density at radius 2 is 1.80 bits per heavy atom. The van der Waals surface area contributed by atoms with Crippen LogP contribution in [0.25, 0.3) is 33.1 Å². The van der Waals surface area contributed by atoms with Crippen LogP contribution < -0.4 is 10.9 Å². The fourth-order valence-corrected chi connectivity index (χ4v) is 3.19. The molecule has 0 spiro atoms. The summed E-state index contributed by atoms with van der Waals surface area (Å²) in [7, 11) is 0. The molecule has 0 fully saturated rings. The predicted octanol–water partition coefficient (Wildman–Crippen LogP) is 4.42. The number of carboxylic acid groups (broad SMARTS) is 1. The molecule has 6 nitrogen and oxygen atoms in total. The molecule has 0 aliphatic carbocycles. The molecule has 25 heavy (non-hydrogen) atoms. The van der Waals surface area contributed by atoms with E-state index in [2.05, 4.69) is 15.3 Å². The molecule has 0 bridgehead atoms. The summed E-state index contributed by atoms with van der Waals surface area (Å²) >= 11 is 6.08. The second kappa shape index (κ2) is 5.68. The van der Waals surface area contributed by atoms with Crippen LogP contribution in [-0.2, 0) is 0 Å². The maximum atomic E-state index is 12.6. The van der Waals surface area contributed by atoms with Crippen molar-refractivity contribution in [2.24, 2.45) is 0 Å². The molecular weight excluding hydrogens is 342 g/mol. The summed E-state index contributed by atoms with van der Waals surface area (Å²) in [4.78, 5) is 29.7. The highest BCUT2D eigenvalue weighted by atomic mass is 35.5. The van der Waals surface area contributed by atoms with Gasteiger partial charge in [0, 0.05) is 21.5 Å². The van der Waals surface area contributed by atoms with Crippen molar-refractivity contribution in [1.82, 2.24) is 9.97 Å². The van der Waals surface area contributed by atoms with Gasteiger partial charge in [0.2, 0.25) is 0 Å². The first kappa shape index (κ1) is 15.3. The molecule has 1 amide bonds. The Balaban J connectivity index is 2.18. The fraction of sp³-hybridized carbons (Fsp3) is 0. The number of fused-ring (bicyclic) bond motifs is 3. The Bertz CT molecular complexity index is 1180.